The average Bonchev–Trinajstić information content (AvgIpc) is 2.44. The molecule has 2 atom stereocenters. The van der Waals surface area contributed by atoms with E-state index in [1.165, 1.54) is 11.1 Å². The Morgan fingerprint density at radius 3 is 2.89 bits per heavy atom. The van der Waals surface area contributed by atoms with Gasteiger partial charge >= 0.3 is 5.97 Å². The molecule has 2 unspecified atom stereocenters. The monoisotopic (exact) mass is 261 g/mol. The maximum Gasteiger partial charge on any atom is 0.328 e. The van der Waals surface area contributed by atoms with Gasteiger partial charge in [0.15, 0.2) is 0 Å². The number of ether oxygens (including phenoxy) is 1. The van der Waals surface area contributed by atoms with Gasteiger partial charge in [-0.15, -0.1) is 0 Å². The Morgan fingerprint density at radius 1 is 1.47 bits per heavy atom. The van der Waals surface area contributed by atoms with Gasteiger partial charge in [0.05, 0.1) is 6.61 Å². The van der Waals surface area contributed by atoms with Crippen LogP contribution in [0, 0.1) is 5.92 Å². The molecule has 4 heteroatoms. The normalized spacial score (nSPS) is 19.1. The van der Waals surface area contributed by atoms with Crippen LogP contribution in [0.4, 0.5) is 0 Å². The summed E-state index contributed by atoms with van der Waals surface area (Å²) in [6.45, 7) is 2.10. The Labute approximate surface area is 113 Å². The number of carbonyl (C=O) groups is 2. The zero-order chi connectivity index (χ0) is 13.7. The zero-order valence-corrected chi connectivity index (χ0v) is 11.1. The van der Waals surface area contributed by atoms with Crippen LogP contribution in [0.25, 0.3) is 0 Å². The van der Waals surface area contributed by atoms with Crippen LogP contribution in [0.3, 0.4) is 0 Å². The molecule has 19 heavy (non-hydrogen) atoms. The van der Waals surface area contributed by atoms with Crippen LogP contribution >= 0.6 is 0 Å². The van der Waals surface area contributed by atoms with Crippen molar-refractivity contribution in [1.29, 1.82) is 0 Å². The van der Waals surface area contributed by atoms with Crippen LogP contribution in [-0.4, -0.2) is 25.0 Å². The molecule has 1 aromatic rings. The van der Waals surface area contributed by atoms with Gasteiger partial charge in [-0.3, -0.25) is 4.79 Å². The van der Waals surface area contributed by atoms with E-state index in [1.54, 1.807) is 6.92 Å². The Bertz CT molecular complexity index is 458. The molecule has 1 aromatic carbocycles. The standard InChI is InChI=1S/C15H19NO3/c1-2-19-15(18)14(16-10-17)13-8-7-11-5-3-4-6-12(11)9-13/h3-6,10,13-14H,2,7-9H2,1H3,(H,16,17). The molecule has 0 bridgehead atoms. The molecule has 1 aliphatic carbocycles. The maximum atomic E-state index is 11.9. The highest BCUT2D eigenvalue weighted by Crippen LogP contribution is 2.27. The van der Waals surface area contributed by atoms with Crippen LogP contribution in [0.1, 0.15) is 24.5 Å². The van der Waals surface area contributed by atoms with E-state index in [1.807, 2.05) is 12.1 Å². The molecule has 0 fully saturated rings. The summed E-state index contributed by atoms with van der Waals surface area (Å²) in [4.78, 5) is 22.6. The maximum absolute atomic E-state index is 11.9. The number of amides is 1. The average molecular weight is 261 g/mol. The van der Waals surface area contributed by atoms with E-state index in [4.69, 9.17) is 4.74 Å². The van der Waals surface area contributed by atoms with Crippen LogP contribution in [0.5, 0.6) is 0 Å². The zero-order valence-electron chi connectivity index (χ0n) is 11.1. The Morgan fingerprint density at radius 2 is 2.21 bits per heavy atom. The van der Waals surface area contributed by atoms with Gasteiger partial charge in [0, 0.05) is 0 Å². The lowest BCUT2D eigenvalue weighted by Gasteiger charge is -2.29. The summed E-state index contributed by atoms with van der Waals surface area (Å²) in [6, 6.07) is 7.72. The molecule has 1 aliphatic rings. The van der Waals surface area contributed by atoms with Gasteiger partial charge in [0.1, 0.15) is 6.04 Å². The number of hydrogen-bond acceptors (Lipinski definition) is 3. The fourth-order valence-corrected chi connectivity index (χ4v) is 2.71. The second-order valence-electron chi connectivity index (χ2n) is 4.79. The number of carbonyl (C=O) groups excluding carboxylic acids is 2. The largest absolute Gasteiger partial charge is 0.464 e. The van der Waals surface area contributed by atoms with Crippen molar-refractivity contribution in [2.75, 3.05) is 6.61 Å². The highest BCUT2D eigenvalue weighted by molar-refractivity contribution is 5.78. The molecule has 0 heterocycles. The number of benzene rings is 1. The summed E-state index contributed by atoms with van der Waals surface area (Å²) in [5, 5.41) is 2.61. The lowest BCUT2D eigenvalue weighted by molar-refractivity contribution is -0.148. The fourth-order valence-electron chi connectivity index (χ4n) is 2.71. The molecule has 102 valence electrons. The Balaban J connectivity index is 2.12. The van der Waals surface area contributed by atoms with E-state index in [0.29, 0.717) is 13.0 Å². The predicted molar refractivity (Wildman–Crippen MR) is 71.6 cm³/mol. The first-order chi connectivity index (χ1) is 9.26. The van der Waals surface area contributed by atoms with Crippen LogP contribution in [0.2, 0.25) is 0 Å². The summed E-state index contributed by atoms with van der Waals surface area (Å²) < 4.78 is 5.04. The number of hydrogen-bond donors (Lipinski definition) is 1. The first kappa shape index (κ1) is 13.6. The molecule has 0 saturated heterocycles. The molecule has 2 rings (SSSR count). The second kappa shape index (κ2) is 6.36. The molecule has 0 radical (unpaired) electrons. The molecule has 1 amide bonds. The quantitative estimate of drug-likeness (QED) is 0.645. The van der Waals surface area contributed by atoms with Crippen molar-refractivity contribution in [3.8, 4) is 0 Å². The summed E-state index contributed by atoms with van der Waals surface area (Å²) in [6.07, 6.45) is 3.22. The van der Waals surface area contributed by atoms with E-state index in [-0.39, 0.29) is 11.9 Å². The third-order valence-corrected chi connectivity index (χ3v) is 3.64. The van der Waals surface area contributed by atoms with Gasteiger partial charge in [-0.1, -0.05) is 24.3 Å². The van der Waals surface area contributed by atoms with Crippen molar-refractivity contribution in [1.82, 2.24) is 5.32 Å². The lowest BCUT2D eigenvalue weighted by Crippen LogP contribution is -2.45. The Hall–Kier alpha value is -1.84. The first-order valence-electron chi connectivity index (χ1n) is 6.69. The second-order valence-corrected chi connectivity index (χ2v) is 4.79. The van der Waals surface area contributed by atoms with E-state index < -0.39 is 6.04 Å². The van der Waals surface area contributed by atoms with E-state index in [2.05, 4.69) is 17.4 Å². The summed E-state index contributed by atoms with van der Waals surface area (Å²) >= 11 is 0. The number of esters is 1. The highest BCUT2D eigenvalue weighted by Gasteiger charge is 2.31. The minimum atomic E-state index is -0.536. The SMILES string of the molecule is CCOC(=O)C(NC=O)C1CCc2ccccc2C1. The Kier molecular flexibility index (Phi) is 4.55. The third kappa shape index (κ3) is 3.13. The van der Waals surface area contributed by atoms with Gasteiger partial charge in [0.25, 0.3) is 0 Å². The topological polar surface area (TPSA) is 55.4 Å². The smallest absolute Gasteiger partial charge is 0.328 e. The van der Waals surface area contributed by atoms with Crippen molar-refractivity contribution < 1.29 is 14.3 Å². The number of nitrogens with one attached hydrogen (secondary N) is 1. The van der Waals surface area contributed by atoms with Crippen molar-refractivity contribution in [2.24, 2.45) is 5.92 Å². The molecule has 1 N–H and O–H groups in total. The predicted octanol–water partition coefficient (Wildman–Crippen LogP) is 1.47. The van der Waals surface area contributed by atoms with Crippen molar-refractivity contribution in [2.45, 2.75) is 32.2 Å². The molecule has 0 aromatic heterocycles. The van der Waals surface area contributed by atoms with Gasteiger partial charge < -0.3 is 10.1 Å². The van der Waals surface area contributed by atoms with Crippen LogP contribution in [-0.2, 0) is 27.2 Å². The summed E-state index contributed by atoms with van der Waals surface area (Å²) in [5.74, 6) is -0.224. The molecule has 4 nitrogen and oxygen atoms in total. The van der Waals surface area contributed by atoms with Gasteiger partial charge in [-0.2, -0.15) is 0 Å². The molecule has 0 saturated carbocycles. The van der Waals surface area contributed by atoms with E-state index in [9.17, 15) is 9.59 Å². The summed E-state index contributed by atoms with van der Waals surface area (Å²) in [7, 11) is 0. The van der Waals surface area contributed by atoms with E-state index in [0.717, 1.165) is 19.3 Å². The minimum Gasteiger partial charge on any atom is -0.464 e. The molecular weight excluding hydrogens is 242 g/mol. The lowest BCUT2D eigenvalue weighted by atomic mass is 9.80. The fraction of sp³-hybridized carbons (Fsp3) is 0.467. The van der Waals surface area contributed by atoms with E-state index >= 15 is 0 Å². The van der Waals surface area contributed by atoms with Crippen molar-refractivity contribution in [3.63, 3.8) is 0 Å². The number of aryl methyl sites for hydroxylation is 1. The molecular formula is C15H19NO3. The highest BCUT2D eigenvalue weighted by atomic mass is 16.5. The molecule has 0 aliphatic heterocycles. The van der Waals surface area contributed by atoms with Crippen LogP contribution in [0.15, 0.2) is 24.3 Å². The number of rotatable bonds is 5. The van der Waals surface area contributed by atoms with Crippen molar-refractivity contribution in [3.05, 3.63) is 35.4 Å². The van der Waals surface area contributed by atoms with Gasteiger partial charge in [-0.05, 0) is 43.2 Å². The minimum absolute atomic E-state index is 0.110. The summed E-state index contributed by atoms with van der Waals surface area (Å²) in [5.41, 5.74) is 2.60. The van der Waals surface area contributed by atoms with Gasteiger partial charge in [0.2, 0.25) is 6.41 Å². The van der Waals surface area contributed by atoms with Gasteiger partial charge in [-0.25, -0.2) is 4.79 Å². The number of fused-ring (bicyclic) bond motifs is 1. The van der Waals surface area contributed by atoms with Crippen LogP contribution < -0.4 is 5.32 Å². The first-order valence-corrected chi connectivity index (χ1v) is 6.69. The third-order valence-electron chi connectivity index (χ3n) is 3.64. The van der Waals surface area contributed by atoms with Crippen molar-refractivity contribution >= 4 is 12.4 Å². The molecule has 0 spiro atoms.